The summed E-state index contributed by atoms with van der Waals surface area (Å²) in [5.74, 6) is 0.943. The van der Waals surface area contributed by atoms with Crippen molar-refractivity contribution in [3.05, 3.63) is 28.3 Å². The maximum Gasteiger partial charge on any atom is 0.273 e. The molecule has 0 unspecified atom stereocenters. The first-order valence-electron chi connectivity index (χ1n) is 5.40. The first-order chi connectivity index (χ1) is 8.20. The van der Waals surface area contributed by atoms with Gasteiger partial charge in [0.2, 0.25) is 0 Å². The number of nitro benzene ring substituents is 1. The third-order valence-corrected chi connectivity index (χ3v) is 2.67. The molecular formula is C11H14N2O4. The molecule has 0 aliphatic carbocycles. The molecule has 1 heterocycles. The Morgan fingerprint density at radius 3 is 2.88 bits per heavy atom. The molecule has 92 valence electrons. The van der Waals surface area contributed by atoms with Crippen LogP contribution in [0.2, 0.25) is 0 Å². The number of nitrogens with one attached hydrogen (secondary N) is 1. The summed E-state index contributed by atoms with van der Waals surface area (Å²) < 4.78 is 10.8. The highest BCUT2D eigenvalue weighted by Gasteiger charge is 2.19. The lowest BCUT2D eigenvalue weighted by molar-refractivity contribution is -0.385. The molecule has 6 heteroatoms. The first-order valence-corrected chi connectivity index (χ1v) is 5.40. The van der Waals surface area contributed by atoms with E-state index >= 15 is 0 Å². The molecule has 0 bridgehead atoms. The van der Waals surface area contributed by atoms with E-state index in [1.165, 1.54) is 19.2 Å². The van der Waals surface area contributed by atoms with Gasteiger partial charge in [-0.25, -0.2) is 0 Å². The standard InChI is InChI=1S/C11H14N2O4/c1-16-10-3-2-8(13(14)15)6-11(10)17-9-4-5-12-7-9/h2-3,6,9,12H,4-5,7H2,1H3/t9-/m0/s1. The molecular weight excluding hydrogens is 224 g/mol. The van der Waals surface area contributed by atoms with Crippen molar-refractivity contribution in [1.82, 2.24) is 5.32 Å². The van der Waals surface area contributed by atoms with Gasteiger partial charge in [-0.2, -0.15) is 0 Å². The molecule has 1 atom stereocenters. The van der Waals surface area contributed by atoms with Gasteiger partial charge in [-0.3, -0.25) is 10.1 Å². The molecule has 1 saturated heterocycles. The quantitative estimate of drug-likeness (QED) is 0.633. The fourth-order valence-corrected chi connectivity index (χ4v) is 1.78. The maximum absolute atomic E-state index is 10.7. The largest absolute Gasteiger partial charge is 0.493 e. The number of hydrogen-bond acceptors (Lipinski definition) is 5. The molecule has 2 rings (SSSR count). The molecule has 6 nitrogen and oxygen atoms in total. The Kier molecular flexibility index (Phi) is 3.43. The Bertz CT molecular complexity index is 416. The van der Waals surface area contributed by atoms with E-state index in [4.69, 9.17) is 9.47 Å². The van der Waals surface area contributed by atoms with Crippen LogP contribution in [0.5, 0.6) is 11.5 Å². The highest BCUT2D eigenvalue weighted by atomic mass is 16.6. The van der Waals surface area contributed by atoms with Crippen LogP contribution in [0.25, 0.3) is 0 Å². The highest BCUT2D eigenvalue weighted by molar-refractivity contribution is 5.48. The Balaban J connectivity index is 2.21. The number of non-ortho nitro benzene ring substituents is 1. The predicted octanol–water partition coefficient (Wildman–Crippen LogP) is 1.34. The fraction of sp³-hybridized carbons (Fsp3) is 0.455. The van der Waals surface area contributed by atoms with Crippen molar-refractivity contribution < 1.29 is 14.4 Å². The van der Waals surface area contributed by atoms with Gasteiger partial charge >= 0.3 is 0 Å². The van der Waals surface area contributed by atoms with Crippen LogP contribution in [0.4, 0.5) is 5.69 Å². The normalized spacial score (nSPS) is 19.0. The molecule has 1 N–H and O–H groups in total. The molecule has 0 amide bonds. The number of ether oxygens (including phenoxy) is 2. The zero-order valence-electron chi connectivity index (χ0n) is 9.51. The van der Waals surface area contributed by atoms with E-state index in [0.29, 0.717) is 11.5 Å². The summed E-state index contributed by atoms with van der Waals surface area (Å²) in [6, 6.07) is 4.35. The minimum absolute atomic E-state index is 0.00626. The van der Waals surface area contributed by atoms with E-state index in [1.54, 1.807) is 6.07 Å². The molecule has 0 radical (unpaired) electrons. The van der Waals surface area contributed by atoms with Crippen molar-refractivity contribution in [2.45, 2.75) is 12.5 Å². The summed E-state index contributed by atoms with van der Waals surface area (Å²) in [6.07, 6.45) is 0.942. The van der Waals surface area contributed by atoms with E-state index in [-0.39, 0.29) is 11.8 Å². The summed E-state index contributed by atoms with van der Waals surface area (Å²) in [4.78, 5) is 10.2. The number of nitrogens with zero attached hydrogens (tertiary/aromatic N) is 1. The van der Waals surface area contributed by atoms with Crippen LogP contribution >= 0.6 is 0 Å². The summed E-state index contributed by atoms with van der Waals surface area (Å²) in [5.41, 5.74) is 0.00626. The van der Waals surface area contributed by atoms with E-state index in [2.05, 4.69) is 5.32 Å². The van der Waals surface area contributed by atoms with Crippen molar-refractivity contribution in [3.8, 4) is 11.5 Å². The van der Waals surface area contributed by atoms with Crippen molar-refractivity contribution in [2.75, 3.05) is 20.2 Å². The molecule has 1 aliphatic rings. The van der Waals surface area contributed by atoms with Gasteiger partial charge in [0, 0.05) is 12.6 Å². The lowest BCUT2D eigenvalue weighted by atomic mass is 10.2. The van der Waals surface area contributed by atoms with Crippen molar-refractivity contribution >= 4 is 5.69 Å². The number of hydrogen-bond donors (Lipinski definition) is 1. The molecule has 0 saturated carbocycles. The Morgan fingerprint density at radius 2 is 2.29 bits per heavy atom. The van der Waals surface area contributed by atoms with Gasteiger partial charge in [0.25, 0.3) is 5.69 Å². The molecule has 1 aliphatic heterocycles. The van der Waals surface area contributed by atoms with Crippen molar-refractivity contribution in [3.63, 3.8) is 0 Å². The van der Waals surface area contributed by atoms with Crippen LogP contribution in [-0.2, 0) is 0 Å². The predicted molar refractivity (Wildman–Crippen MR) is 61.6 cm³/mol. The summed E-state index contributed by atoms with van der Waals surface area (Å²) in [7, 11) is 1.51. The van der Waals surface area contributed by atoms with E-state index in [1.807, 2.05) is 0 Å². The minimum Gasteiger partial charge on any atom is -0.493 e. The van der Waals surface area contributed by atoms with E-state index < -0.39 is 4.92 Å². The summed E-state index contributed by atoms with van der Waals surface area (Å²) in [6.45, 7) is 1.66. The van der Waals surface area contributed by atoms with Gasteiger partial charge in [-0.05, 0) is 19.0 Å². The van der Waals surface area contributed by atoms with Gasteiger partial charge in [0.05, 0.1) is 18.1 Å². The van der Waals surface area contributed by atoms with Gasteiger partial charge in [-0.15, -0.1) is 0 Å². The second-order valence-corrected chi connectivity index (χ2v) is 3.82. The average molecular weight is 238 g/mol. The van der Waals surface area contributed by atoms with Crippen LogP contribution in [-0.4, -0.2) is 31.2 Å². The Labute approximate surface area is 98.7 Å². The topological polar surface area (TPSA) is 73.6 Å². The molecule has 1 aromatic rings. The highest BCUT2D eigenvalue weighted by Crippen LogP contribution is 2.32. The van der Waals surface area contributed by atoms with Gasteiger partial charge < -0.3 is 14.8 Å². The smallest absolute Gasteiger partial charge is 0.273 e. The Morgan fingerprint density at radius 1 is 1.47 bits per heavy atom. The van der Waals surface area contributed by atoms with Crippen molar-refractivity contribution in [1.29, 1.82) is 0 Å². The second-order valence-electron chi connectivity index (χ2n) is 3.82. The van der Waals surface area contributed by atoms with Crippen LogP contribution in [0, 0.1) is 10.1 Å². The molecule has 1 aromatic carbocycles. The average Bonchev–Trinajstić information content (AvgIpc) is 2.81. The molecule has 0 spiro atoms. The number of methoxy groups -OCH3 is 1. The lowest BCUT2D eigenvalue weighted by Crippen LogP contribution is -2.19. The fourth-order valence-electron chi connectivity index (χ4n) is 1.78. The minimum atomic E-state index is -0.445. The van der Waals surface area contributed by atoms with E-state index in [0.717, 1.165) is 19.5 Å². The number of rotatable bonds is 4. The zero-order chi connectivity index (χ0) is 12.3. The van der Waals surface area contributed by atoms with E-state index in [9.17, 15) is 10.1 Å². The van der Waals surface area contributed by atoms with Gasteiger partial charge in [0.1, 0.15) is 6.10 Å². The third kappa shape index (κ3) is 2.65. The summed E-state index contributed by atoms with van der Waals surface area (Å²) in [5, 5.41) is 13.9. The number of nitro groups is 1. The SMILES string of the molecule is COc1ccc([N+](=O)[O-])cc1O[C@H]1CCNC1. The Hall–Kier alpha value is -1.82. The lowest BCUT2D eigenvalue weighted by Gasteiger charge is -2.14. The van der Waals surface area contributed by atoms with Gasteiger partial charge in [0.15, 0.2) is 11.5 Å². The van der Waals surface area contributed by atoms with Crippen LogP contribution < -0.4 is 14.8 Å². The van der Waals surface area contributed by atoms with Crippen LogP contribution in [0.3, 0.4) is 0 Å². The maximum atomic E-state index is 10.7. The second kappa shape index (κ2) is 5.01. The zero-order valence-corrected chi connectivity index (χ0v) is 9.51. The van der Waals surface area contributed by atoms with Gasteiger partial charge in [-0.1, -0.05) is 0 Å². The molecule has 1 fully saturated rings. The molecule has 0 aromatic heterocycles. The summed E-state index contributed by atoms with van der Waals surface area (Å²) >= 11 is 0. The van der Waals surface area contributed by atoms with Crippen LogP contribution in [0.1, 0.15) is 6.42 Å². The molecule has 17 heavy (non-hydrogen) atoms. The van der Waals surface area contributed by atoms with Crippen LogP contribution in [0.15, 0.2) is 18.2 Å². The first kappa shape index (κ1) is 11.7. The number of benzene rings is 1. The van der Waals surface area contributed by atoms with Crippen molar-refractivity contribution in [2.24, 2.45) is 0 Å². The monoisotopic (exact) mass is 238 g/mol. The third-order valence-electron chi connectivity index (χ3n) is 2.67.